The summed E-state index contributed by atoms with van der Waals surface area (Å²) in [6.07, 6.45) is 3.51. The lowest BCUT2D eigenvalue weighted by Gasteiger charge is -2.32. The van der Waals surface area contributed by atoms with Crippen molar-refractivity contribution in [3.63, 3.8) is 0 Å². The molecule has 2 N–H and O–H groups in total. The highest BCUT2D eigenvalue weighted by Crippen LogP contribution is 2.33. The molecule has 0 fully saturated rings. The summed E-state index contributed by atoms with van der Waals surface area (Å²) >= 11 is 0. The number of hydrogen-bond donors (Lipinski definition) is 2. The molecule has 136 valence electrons. The maximum absolute atomic E-state index is 9.33. The minimum absolute atomic E-state index is 0.198. The second-order valence-corrected chi connectivity index (χ2v) is 8.00. The van der Waals surface area contributed by atoms with E-state index in [1.54, 1.807) is 0 Å². The smallest absolute Gasteiger partial charge is 0.0471 e. The second kappa shape index (κ2) is 9.17. The van der Waals surface area contributed by atoms with Gasteiger partial charge in [0, 0.05) is 13.2 Å². The first kappa shape index (κ1) is 19.7. The molecule has 0 amide bonds. The summed E-state index contributed by atoms with van der Waals surface area (Å²) in [5.41, 5.74) is 5.36. The van der Waals surface area contributed by atoms with E-state index in [-0.39, 0.29) is 18.6 Å². The van der Waals surface area contributed by atoms with Crippen molar-refractivity contribution in [3.8, 4) is 0 Å². The fraction of sp³-hybridized carbons (Fsp3) is 0.478. The van der Waals surface area contributed by atoms with Crippen LogP contribution in [-0.4, -0.2) is 23.4 Å². The van der Waals surface area contributed by atoms with Crippen molar-refractivity contribution in [2.45, 2.75) is 46.5 Å². The first-order chi connectivity index (χ1) is 11.9. The molecule has 2 nitrogen and oxygen atoms in total. The molecule has 0 saturated heterocycles. The molecule has 0 saturated carbocycles. The molecular formula is C23H32O2. The fourth-order valence-corrected chi connectivity index (χ4v) is 3.33. The number of aliphatic hydroxyl groups excluding tert-OH is 2. The van der Waals surface area contributed by atoms with Crippen molar-refractivity contribution >= 4 is 0 Å². The van der Waals surface area contributed by atoms with E-state index in [4.69, 9.17) is 5.11 Å². The molecule has 0 aromatic heterocycles. The lowest BCUT2D eigenvalue weighted by molar-refractivity contribution is 0.236. The van der Waals surface area contributed by atoms with Crippen LogP contribution in [0.4, 0.5) is 0 Å². The van der Waals surface area contributed by atoms with Gasteiger partial charge in [-0.3, -0.25) is 0 Å². The Labute approximate surface area is 152 Å². The van der Waals surface area contributed by atoms with Crippen LogP contribution in [0.15, 0.2) is 48.5 Å². The van der Waals surface area contributed by atoms with E-state index in [9.17, 15) is 5.11 Å². The average Bonchev–Trinajstić information content (AvgIpc) is 2.57. The summed E-state index contributed by atoms with van der Waals surface area (Å²) in [4.78, 5) is 0. The number of benzene rings is 2. The van der Waals surface area contributed by atoms with Crippen LogP contribution in [-0.2, 0) is 25.7 Å². The summed E-state index contributed by atoms with van der Waals surface area (Å²) < 4.78 is 0. The van der Waals surface area contributed by atoms with E-state index in [1.165, 1.54) is 22.3 Å². The van der Waals surface area contributed by atoms with Gasteiger partial charge in [-0.15, -0.1) is 0 Å². The van der Waals surface area contributed by atoms with Gasteiger partial charge in [-0.25, -0.2) is 0 Å². The Morgan fingerprint density at radius 3 is 1.84 bits per heavy atom. The third-order valence-electron chi connectivity index (χ3n) is 5.10. The van der Waals surface area contributed by atoms with Gasteiger partial charge in [0.05, 0.1) is 0 Å². The molecule has 2 aromatic carbocycles. The van der Waals surface area contributed by atoms with Gasteiger partial charge >= 0.3 is 0 Å². The van der Waals surface area contributed by atoms with Gasteiger partial charge in [-0.1, -0.05) is 69.3 Å². The normalized spacial score (nSPS) is 13.0. The molecule has 25 heavy (non-hydrogen) atoms. The third kappa shape index (κ3) is 5.98. The Hall–Kier alpha value is -1.64. The molecule has 0 radical (unpaired) electrons. The maximum Gasteiger partial charge on any atom is 0.0471 e. The Kier molecular flexibility index (Phi) is 7.22. The molecule has 2 rings (SSSR count). The molecule has 0 spiro atoms. The van der Waals surface area contributed by atoms with Gasteiger partial charge in [-0.05, 0) is 59.3 Å². The highest BCUT2D eigenvalue weighted by atomic mass is 16.3. The zero-order valence-electron chi connectivity index (χ0n) is 15.8. The zero-order chi connectivity index (χ0) is 18.3. The molecule has 1 unspecified atom stereocenters. The van der Waals surface area contributed by atoms with Crippen molar-refractivity contribution in [1.82, 2.24) is 0 Å². The maximum atomic E-state index is 9.33. The van der Waals surface area contributed by atoms with Crippen molar-refractivity contribution in [2.75, 3.05) is 13.2 Å². The predicted octanol–water partition coefficient (Wildman–Crippen LogP) is 4.20. The van der Waals surface area contributed by atoms with Gasteiger partial charge in [0.2, 0.25) is 0 Å². The van der Waals surface area contributed by atoms with Crippen molar-refractivity contribution < 1.29 is 10.2 Å². The first-order valence-corrected chi connectivity index (χ1v) is 9.30. The summed E-state index contributed by atoms with van der Waals surface area (Å²) in [6.45, 7) is 7.33. The van der Waals surface area contributed by atoms with E-state index in [2.05, 4.69) is 69.3 Å². The third-order valence-corrected chi connectivity index (χ3v) is 5.10. The van der Waals surface area contributed by atoms with E-state index < -0.39 is 0 Å². The lowest BCUT2D eigenvalue weighted by Crippen LogP contribution is -2.25. The molecule has 2 heteroatoms. The molecule has 0 aliphatic carbocycles. The van der Waals surface area contributed by atoms with E-state index in [0.717, 1.165) is 25.7 Å². The quantitative estimate of drug-likeness (QED) is 0.756. The fourth-order valence-electron chi connectivity index (χ4n) is 3.33. The van der Waals surface area contributed by atoms with E-state index in [0.29, 0.717) is 5.92 Å². The minimum atomic E-state index is 0.198. The van der Waals surface area contributed by atoms with Crippen LogP contribution >= 0.6 is 0 Å². The topological polar surface area (TPSA) is 40.5 Å². The Bertz CT molecular complexity index is 638. The Morgan fingerprint density at radius 2 is 1.28 bits per heavy atom. The van der Waals surface area contributed by atoms with E-state index in [1.807, 2.05) is 0 Å². The van der Waals surface area contributed by atoms with Crippen LogP contribution < -0.4 is 0 Å². The Morgan fingerprint density at radius 1 is 0.720 bits per heavy atom. The highest BCUT2D eigenvalue weighted by molar-refractivity contribution is 5.29. The first-order valence-electron chi connectivity index (χ1n) is 9.30. The van der Waals surface area contributed by atoms with Crippen LogP contribution in [0.5, 0.6) is 0 Å². The van der Waals surface area contributed by atoms with Gasteiger partial charge in [0.15, 0.2) is 0 Å². The zero-order valence-corrected chi connectivity index (χ0v) is 15.8. The molecule has 2 aromatic rings. The van der Waals surface area contributed by atoms with Crippen LogP contribution in [0.25, 0.3) is 0 Å². The second-order valence-electron chi connectivity index (χ2n) is 8.00. The van der Waals surface area contributed by atoms with Gasteiger partial charge in [-0.2, -0.15) is 0 Å². The van der Waals surface area contributed by atoms with Crippen molar-refractivity contribution in [3.05, 3.63) is 70.8 Å². The lowest BCUT2D eigenvalue weighted by atomic mass is 9.73. The molecule has 0 heterocycles. The Balaban J connectivity index is 2.17. The molecule has 0 aliphatic heterocycles. The molecule has 0 aliphatic rings. The summed E-state index contributed by atoms with van der Waals surface area (Å²) in [5, 5.41) is 18.4. The number of aliphatic hydroxyl groups is 2. The standard InChI is InChI=1S/C23H32O2/c1-23(2,3)22(16-19-10-8-18(9-11-19)12-14-24)17-21-7-5-4-6-20(21)13-15-25/h4-11,22,24-25H,12-17H2,1-3H3. The monoisotopic (exact) mass is 340 g/mol. The van der Waals surface area contributed by atoms with Crippen LogP contribution in [0.2, 0.25) is 0 Å². The predicted molar refractivity (Wildman–Crippen MR) is 105 cm³/mol. The number of rotatable bonds is 8. The molecular weight excluding hydrogens is 308 g/mol. The highest BCUT2D eigenvalue weighted by Gasteiger charge is 2.25. The van der Waals surface area contributed by atoms with E-state index >= 15 is 0 Å². The van der Waals surface area contributed by atoms with Crippen LogP contribution in [0, 0.1) is 11.3 Å². The van der Waals surface area contributed by atoms with Crippen LogP contribution in [0.3, 0.4) is 0 Å². The number of hydrogen-bond acceptors (Lipinski definition) is 2. The SMILES string of the molecule is CC(C)(C)C(Cc1ccc(CCO)cc1)Cc1ccccc1CCO. The summed E-state index contributed by atoms with van der Waals surface area (Å²) in [6, 6.07) is 17.1. The van der Waals surface area contributed by atoms with Crippen molar-refractivity contribution in [1.29, 1.82) is 0 Å². The molecule has 0 bridgehead atoms. The molecule has 1 atom stereocenters. The van der Waals surface area contributed by atoms with Gasteiger partial charge < -0.3 is 10.2 Å². The minimum Gasteiger partial charge on any atom is -0.396 e. The summed E-state index contributed by atoms with van der Waals surface area (Å²) in [5.74, 6) is 0.524. The average molecular weight is 341 g/mol. The largest absolute Gasteiger partial charge is 0.396 e. The van der Waals surface area contributed by atoms with Gasteiger partial charge in [0.1, 0.15) is 0 Å². The van der Waals surface area contributed by atoms with Gasteiger partial charge in [0.25, 0.3) is 0 Å². The van der Waals surface area contributed by atoms with Crippen molar-refractivity contribution in [2.24, 2.45) is 11.3 Å². The summed E-state index contributed by atoms with van der Waals surface area (Å²) in [7, 11) is 0. The van der Waals surface area contributed by atoms with Crippen LogP contribution in [0.1, 0.15) is 43.0 Å².